The highest BCUT2D eigenvalue weighted by molar-refractivity contribution is 7.86. The number of aromatic nitrogens is 1. The fourth-order valence-electron chi connectivity index (χ4n) is 2.28. The predicted octanol–water partition coefficient (Wildman–Crippen LogP) is 0.716. The summed E-state index contributed by atoms with van der Waals surface area (Å²) in [5, 5.41) is 4.83. The molecule has 0 bridgehead atoms. The third-order valence-corrected chi connectivity index (χ3v) is 5.10. The highest BCUT2D eigenvalue weighted by atomic mass is 32.2. The Morgan fingerprint density at radius 2 is 1.58 bits per heavy atom. The van der Waals surface area contributed by atoms with E-state index in [4.69, 9.17) is 0 Å². The molecular formula is C14H11N3O7S2. The van der Waals surface area contributed by atoms with Gasteiger partial charge in [0.15, 0.2) is 0 Å². The summed E-state index contributed by atoms with van der Waals surface area (Å²) in [7, 11) is -9.59. The van der Waals surface area contributed by atoms with Gasteiger partial charge in [0.2, 0.25) is 0 Å². The molecule has 1 aliphatic rings. The largest absolute Gasteiger partial charge is 0.294 e. The Kier molecular flexibility index (Phi) is 4.36. The van der Waals surface area contributed by atoms with Crippen molar-refractivity contribution in [3.05, 3.63) is 48.3 Å². The van der Waals surface area contributed by atoms with E-state index in [1.54, 1.807) is 18.2 Å². The second kappa shape index (κ2) is 6.25. The summed E-state index contributed by atoms with van der Waals surface area (Å²) in [6.45, 7) is 0. The van der Waals surface area contributed by atoms with Gasteiger partial charge in [-0.1, -0.05) is 6.07 Å². The van der Waals surface area contributed by atoms with Crippen molar-refractivity contribution >= 4 is 37.5 Å². The fraction of sp³-hybridized carbons (Fsp3) is 0.0714. The average Bonchev–Trinajstić information content (AvgIpc) is 2.95. The van der Waals surface area contributed by atoms with Gasteiger partial charge in [0, 0.05) is 6.20 Å². The lowest BCUT2D eigenvalue weighted by Gasteiger charge is -2.13. The zero-order chi connectivity index (χ0) is 19.1. The van der Waals surface area contributed by atoms with Gasteiger partial charge >= 0.3 is 0 Å². The molecule has 12 heteroatoms. The molecule has 2 heterocycles. The van der Waals surface area contributed by atoms with Gasteiger partial charge in [-0.05, 0) is 30.3 Å². The first kappa shape index (κ1) is 18.1. The number of pyridine rings is 1. The molecule has 0 saturated carbocycles. The number of carbonyl (C=O) groups is 1. The van der Waals surface area contributed by atoms with Crippen LogP contribution in [-0.4, -0.2) is 42.5 Å². The highest BCUT2D eigenvalue weighted by Crippen LogP contribution is 2.28. The number of benzene rings is 1. The molecule has 10 nitrogen and oxygen atoms in total. The molecule has 26 heavy (non-hydrogen) atoms. The molecule has 1 aliphatic heterocycles. The molecule has 136 valence electrons. The summed E-state index contributed by atoms with van der Waals surface area (Å²) < 4.78 is 63.9. The van der Waals surface area contributed by atoms with Crippen LogP contribution in [0.15, 0.2) is 57.5 Å². The normalized spacial score (nSPS) is 15.2. The smallest absolute Gasteiger partial charge is 0.282 e. The predicted molar refractivity (Wildman–Crippen MR) is 88.9 cm³/mol. The summed E-state index contributed by atoms with van der Waals surface area (Å²) >= 11 is 0. The number of hydrogen-bond donors (Lipinski definition) is 2. The lowest BCUT2D eigenvalue weighted by atomic mass is 10.2. The maximum atomic E-state index is 12.2. The summed E-state index contributed by atoms with van der Waals surface area (Å²) in [6.07, 6.45) is 1.36. The van der Waals surface area contributed by atoms with Gasteiger partial charge in [-0.3, -0.25) is 18.9 Å². The van der Waals surface area contributed by atoms with Crippen LogP contribution in [0.3, 0.4) is 0 Å². The molecule has 0 unspecified atom stereocenters. The molecule has 0 radical (unpaired) electrons. The second-order valence-electron chi connectivity index (χ2n) is 5.26. The Bertz CT molecular complexity index is 1080. The minimum absolute atomic E-state index is 0.145. The van der Waals surface area contributed by atoms with Gasteiger partial charge in [0.1, 0.15) is 0 Å². The van der Waals surface area contributed by atoms with Crippen LogP contribution < -0.4 is 5.01 Å². The van der Waals surface area contributed by atoms with E-state index in [0.717, 1.165) is 17.1 Å². The zero-order valence-corrected chi connectivity index (χ0v) is 14.5. The fourth-order valence-corrected chi connectivity index (χ4v) is 3.45. The maximum absolute atomic E-state index is 12.2. The molecule has 0 aliphatic carbocycles. The Balaban J connectivity index is 2.14. The Labute approximate surface area is 148 Å². The Hall–Kier alpha value is -2.67. The van der Waals surface area contributed by atoms with Crippen molar-refractivity contribution in [3.63, 3.8) is 0 Å². The van der Waals surface area contributed by atoms with E-state index in [0.29, 0.717) is 17.5 Å². The molecule has 0 atom stereocenters. The molecule has 1 amide bonds. The second-order valence-corrected chi connectivity index (χ2v) is 8.10. The van der Waals surface area contributed by atoms with Gasteiger partial charge in [-0.2, -0.15) is 26.9 Å². The van der Waals surface area contributed by atoms with E-state index >= 15 is 0 Å². The number of hydrazone groups is 1. The first-order chi connectivity index (χ1) is 12.1. The molecule has 0 saturated heterocycles. The van der Waals surface area contributed by atoms with Crippen LogP contribution >= 0.6 is 0 Å². The molecule has 0 spiro atoms. The summed E-state index contributed by atoms with van der Waals surface area (Å²) in [5.74, 6) is -0.570. The standard InChI is InChI=1S/C14H11N3O7S2/c18-14-8-13(12-3-1-2-4-15-12)16-17(14)9-5-10(25(19,20)21)7-11(6-9)26(22,23)24/h1-7H,8H2,(H,19,20,21)(H,22,23,24). The van der Waals surface area contributed by atoms with E-state index in [9.17, 15) is 30.7 Å². The van der Waals surface area contributed by atoms with E-state index in [2.05, 4.69) is 10.1 Å². The van der Waals surface area contributed by atoms with Crippen molar-refractivity contribution in [2.75, 3.05) is 5.01 Å². The molecule has 2 aromatic rings. The van der Waals surface area contributed by atoms with E-state index < -0.39 is 35.9 Å². The number of hydrogen-bond acceptors (Lipinski definition) is 7. The number of carbonyl (C=O) groups excluding carboxylic acids is 1. The van der Waals surface area contributed by atoms with Crippen molar-refractivity contribution in [2.45, 2.75) is 16.2 Å². The van der Waals surface area contributed by atoms with E-state index in [-0.39, 0.29) is 12.1 Å². The summed E-state index contributed by atoms with van der Waals surface area (Å²) in [6, 6.07) is 7.28. The van der Waals surface area contributed by atoms with Crippen LogP contribution in [0.1, 0.15) is 12.1 Å². The molecule has 3 rings (SSSR count). The van der Waals surface area contributed by atoms with Crippen molar-refractivity contribution in [3.8, 4) is 0 Å². The highest BCUT2D eigenvalue weighted by Gasteiger charge is 2.29. The quantitative estimate of drug-likeness (QED) is 0.715. The van der Waals surface area contributed by atoms with E-state index in [1.807, 2.05) is 0 Å². The minimum atomic E-state index is -4.80. The molecule has 2 N–H and O–H groups in total. The lowest BCUT2D eigenvalue weighted by Crippen LogP contribution is -2.20. The molecular weight excluding hydrogens is 386 g/mol. The molecule has 1 aromatic carbocycles. The molecule has 0 fully saturated rings. The SMILES string of the molecule is O=C1CC(c2ccccn2)=NN1c1cc(S(=O)(=O)O)cc(S(=O)(=O)O)c1. The Morgan fingerprint density at radius 1 is 0.962 bits per heavy atom. The number of nitrogens with zero attached hydrogens (tertiary/aromatic N) is 3. The van der Waals surface area contributed by atoms with Crippen molar-refractivity contribution in [1.29, 1.82) is 0 Å². The van der Waals surface area contributed by atoms with Gasteiger partial charge in [-0.15, -0.1) is 0 Å². The Morgan fingerprint density at radius 3 is 2.08 bits per heavy atom. The van der Waals surface area contributed by atoms with Crippen LogP contribution in [-0.2, 0) is 25.0 Å². The van der Waals surface area contributed by atoms with Gasteiger partial charge in [-0.25, -0.2) is 0 Å². The third kappa shape index (κ3) is 3.62. The summed E-state index contributed by atoms with van der Waals surface area (Å²) in [4.78, 5) is 14.7. The van der Waals surface area contributed by atoms with Crippen molar-refractivity contribution < 1.29 is 30.7 Å². The zero-order valence-electron chi connectivity index (χ0n) is 12.8. The third-order valence-electron chi connectivity index (χ3n) is 3.44. The van der Waals surface area contributed by atoms with Crippen molar-refractivity contribution in [2.24, 2.45) is 5.10 Å². The van der Waals surface area contributed by atoms with Gasteiger partial charge in [0.25, 0.3) is 26.1 Å². The van der Waals surface area contributed by atoms with Crippen LogP contribution in [0.2, 0.25) is 0 Å². The minimum Gasteiger partial charge on any atom is -0.282 e. The average molecular weight is 397 g/mol. The maximum Gasteiger partial charge on any atom is 0.294 e. The lowest BCUT2D eigenvalue weighted by molar-refractivity contribution is -0.116. The van der Waals surface area contributed by atoms with Crippen LogP contribution in [0.4, 0.5) is 5.69 Å². The first-order valence-electron chi connectivity index (χ1n) is 6.97. The monoisotopic (exact) mass is 397 g/mol. The van der Waals surface area contributed by atoms with Gasteiger partial charge in [0.05, 0.1) is 33.3 Å². The first-order valence-corrected chi connectivity index (χ1v) is 9.85. The van der Waals surface area contributed by atoms with Crippen LogP contribution in [0.25, 0.3) is 0 Å². The summed E-state index contributed by atoms with van der Waals surface area (Å²) in [5.41, 5.74) is 0.467. The van der Waals surface area contributed by atoms with Crippen molar-refractivity contribution in [1.82, 2.24) is 4.98 Å². The number of rotatable bonds is 4. The van der Waals surface area contributed by atoms with Crippen LogP contribution in [0.5, 0.6) is 0 Å². The van der Waals surface area contributed by atoms with E-state index in [1.165, 1.54) is 6.20 Å². The molecule has 1 aromatic heterocycles. The topological polar surface area (TPSA) is 154 Å². The van der Waals surface area contributed by atoms with Crippen LogP contribution in [0, 0.1) is 0 Å². The van der Waals surface area contributed by atoms with Gasteiger partial charge < -0.3 is 0 Å². The number of anilines is 1. The number of amides is 1.